The molecule has 0 unspecified atom stereocenters. The number of hydrogen-bond donors (Lipinski definition) is 1. The minimum atomic E-state index is 0.765. The van der Waals surface area contributed by atoms with Crippen molar-refractivity contribution in [3.8, 4) is 0 Å². The van der Waals surface area contributed by atoms with E-state index in [2.05, 4.69) is 47.1 Å². The smallest absolute Gasteiger partial charge is 0.0587 e. The molecule has 3 nitrogen and oxygen atoms in total. The zero-order valence-electron chi connectivity index (χ0n) is 12.7. The molecule has 2 rings (SSSR count). The van der Waals surface area contributed by atoms with E-state index in [-0.39, 0.29) is 0 Å². The fourth-order valence-electron chi connectivity index (χ4n) is 2.55. The van der Waals surface area contributed by atoms with Gasteiger partial charge in [-0.1, -0.05) is 17.7 Å². The molecule has 0 saturated carbocycles. The van der Waals surface area contributed by atoms with Gasteiger partial charge in [-0.15, -0.1) is 0 Å². The average molecular weight is 294 g/mol. The zero-order chi connectivity index (χ0) is 14.2. The molecular weight excluding hydrogens is 268 g/mol. The molecule has 20 heavy (non-hydrogen) atoms. The summed E-state index contributed by atoms with van der Waals surface area (Å²) in [5.74, 6) is 2.54. The maximum atomic E-state index is 5.09. The van der Waals surface area contributed by atoms with Crippen molar-refractivity contribution >= 4 is 17.4 Å². The van der Waals surface area contributed by atoms with Crippen LogP contribution in [-0.2, 0) is 11.3 Å². The Kier molecular flexibility index (Phi) is 6.70. The van der Waals surface area contributed by atoms with Crippen LogP contribution >= 0.6 is 11.8 Å². The number of rotatable bonds is 6. The highest BCUT2D eigenvalue weighted by Crippen LogP contribution is 2.24. The summed E-state index contributed by atoms with van der Waals surface area (Å²) in [6.07, 6.45) is 1.29. The Morgan fingerprint density at radius 3 is 3.05 bits per heavy atom. The van der Waals surface area contributed by atoms with E-state index in [0.717, 1.165) is 19.7 Å². The Morgan fingerprint density at radius 1 is 1.30 bits per heavy atom. The van der Waals surface area contributed by atoms with Gasteiger partial charge < -0.3 is 15.0 Å². The number of anilines is 1. The van der Waals surface area contributed by atoms with Crippen molar-refractivity contribution in [3.63, 3.8) is 0 Å². The molecule has 1 aromatic rings. The molecule has 4 heteroatoms. The first kappa shape index (κ1) is 15.7. The van der Waals surface area contributed by atoms with E-state index in [4.69, 9.17) is 4.74 Å². The van der Waals surface area contributed by atoms with Crippen molar-refractivity contribution in [2.45, 2.75) is 19.9 Å². The van der Waals surface area contributed by atoms with Crippen LogP contribution in [-0.4, -0.2) is 44.9 Å². The summed E-state index contributed by atoms with van der Waals surface area (Å²) in [5.41, 5.74) is 4.15. The molecule has 1 saturated heterocycles. The molecule has 1 N–H and O–H groups in total. The first-order chi connectivity index (χ1) is 9.81. The van der Waals surface area contributed by atoms with E-state index < -0.39 is 0 Å². The van der Waals surface area contributed by atoms with E-state index in [1.165, 1.54) is 47.8 Å². The molecule has 1 heterocycles. The number of ether oxygens (including phenoxy) is 1. The lowest BCUT2D eigenvalue weighted by atomic mass is 10.1. The Labute approximate surface area is 127 Å². The minimum Gasteiger partial charge on any atom is -0.383 e. The highest BCUT2D eigenvalue weighted by Gasteiger charge is 2.13. The second-order valence-electron chi connectivity index (χ2n) is 5.25. The number of benzene rings is 1. The molecule has 0 spiro atoms. The van der Waals surface area contributed by atoms with Crippen molar-refractivity contribution in [1.82, 2.24) is 5.32 Å². The molecule has 112 valence electrons. The Hall–Kier alpha value is -0.710. The van der Waals surface area contributed by atoms with Crippen molar-refractivity contribution < 1.29 is 4.74 Å². The van der Waals surface area contributed by atoms with Gasteiger partial charge in [0.2, 0.25) is 0 Å². The van der Waals surface area contributed by atoms with Crippen molar-refractivity contribution in [2.75, 3.05) is 49.8 Å². The number of aryl methyl sites for hydroxylation is 1. The Balaban J connectivity index is 2.05. The highest BCUT2D eigenvalue weighted by atomic mass is 32.2. The van der Waals surface area contributed by atoms with E-state index in [9.17, 15) is 0 Å². The van der Waals surface area contributed by atoms with Crippen molar-refractivity contribution in [2.24, 2.45) is 0 Å². The average Bonchev–Trinajstić information content (AvgIpc) is 2.73. The lowest BCUT2D eigenvalue weighted by Gasteiger charge is -2.25. The van der Waals surface area contributed by atoms with Crippen molar-refractivity contribution in [1.29, 1.82) is 0 Å². The van der Waals surface area contributed by atoms with E-state index >= 15 is 0 Å². The number of nitrogens with one attached hydrogen (secondary N) is 1. The van der Waals surface area contributed by atoms with Gasteiger partial charge in [-0.2, -0.15) is 11.8 Å². The monoisotopic (exact) mass is 294 g/mol. The first-order valence-corrected chi connectivity index (χ1v) is 8.58. The van der Waals surface area contributed by atoms with Crippen LogP contribution in [0.2, 0.25) is 0 Å². The molecule has 1 aromatic carbocycles. The number of hydrogen-bond acceptors (Lipinski definition) is 4. The predicted molar refractivity (Wildman–Crippen MR) is 88.9 cm³/mol. The van der Waals surface area contributed by atoms with Gasteiger partial charge in [-0.3, -0.25) is 0 Å². The normalized spacial score (nSPS) is 16.2. The van der Waals surface area contributed by atoms with Gasteiger partial charge in [0.1, 0.15) is 0 Å². The molecule has 1 fully saturated rings. The van der Waals surface area contributed by atoms with Crippen LogP contribution < -0.4 is 10.2 Å². The second-order valence-corrected chi connectivity index (χ2v) is 6.48. The molecular formula is C16H26N2OS. The Bertz CT molecular complexity index is 403. The largest absolute Gasteiger partial charge is 0.383 e. The van der Waals surface area contributed by atoms with Crippen molar-refractivity contribution in [3.05, 3.63) is 29.3 Å². The quantitative estimate of drug-likeness (QED) is 0.815. The topological polar surface area (TPSA) is 24.5 Å². The third kappa shape index (κ3) is 4.69. The maximum absolute atomic E-state index is 5.09. The van der Waals surface area contributed by atoms with Gasteiger partial charge >= 0.3 is 0 Å². The van der Waals surface area contributed by atoms with Gasteiger partial charge in [0.05, 0.1) is 6.61 Å². The van der Waals surface area contributed by atoms with Crippen LogP contribution in [0.4, 0.5) is 5.69 Å². The minimum absolute atomic E-state index is 0.765. The maximum Gasteiger partial charge on any atom is 0.0587 e. The molecule has 0 aromatic heterocycles. The lowest BCUT2D eigenvalue weighted by molar-refractivity contribution is 0.199. The number of thioether (sulfide) groups is 1. The van der Waals surface area contributed by atoms with E-state index in [1.807, 2.05) is 0 Å². The van der Waals surface area contributed by atoms with Crippen LogP contribution in [0.1, 0.15) is 17.5 Å². The summed E-state index contributed by atoms with van der Waals surface area (Å²) in [4.78, 5) is 2.55. The number of nitrogens with zero attached hydrogens (tertiary/aromatic N) is 1. The molecule has 0 amide bonds. The Morgan fingerprint density at radius 2 is 2.20 bits per heavy atom. The first-order valence-electron chi connectivity index (χ1n) is 7.43. The predicted octanol–water partition coefficient (Wildman–Crippen LogP) is 2.67. The summed E-state index contributed by atoms with van der Waals surface area (Å²) < 4.78 is 5.09. The molecule has 0 aliphatic carbocycles. The van der Waals surface area contributed by atoms with Crippen LogP contribution in [0.3, 0.4) is 0 Å². The van der Waals surface area contributed by atoms with Crippen LogP contribution in [0.15, 0.2) is 18.2 Å². The second kappa shape index (κ2) is 8.55. The summed E-state index contributed by atoms with van der Waals surface area (Å²) in [6.45, 7) is 7.10. The van der Waals surface area contributed by atoms with Gasteiger partial charge in [-0.05, 0) is 30.7 Å². The van der Waals surface area contributed by atoms with Crippen LogP contribution in [0.25, 0.3) is 0 Å². The van der Waals surface area contributed by atoms with E-state index in [0.29, 0.717) is 0 Å². The summed E-state index contributed by atoms with van der Waals surface area (Å²) >= 11 is 2.07. The summed E-state index contributed by atoms with van der Waals surface area (Å²) in [6, 6.07) is 6.83. The van der Waals surface area contributed by atoms with Gasteiger partial charge in [-0.25, -0.2) is 0 Å². The lowest BCUT2D eigenvalue weighted by Crippen LogP contribution is -2.28. The third-order valence-corrected chi connectivity index (χ3v) is 4.64. The fraction of sp³-hybridized carbons (Fsp3) is 0.625. The molecule has 1 aliphatic rings. The van der Waals surface area contributed by atoms with Crippen LogP contribution in [0.5, 0.6) is 0 Å². The summed E-state index contributed by atoms with van der Waals surface area (Å²) in [5, 5.41) is 3.47. The molecule has 1 aliphatic heterocycles. The highest BCUT2D eigenvalue weighted by molar-refractivity contribution is 7.99. The summed E-state index contributed by atoms with van der Waals surface area (Å²) in [7, 11) is 1.74. The molecule has 0 radical (unpaired) electrons. The fourth-order valence-corrected chi connectivity index (χ4v) is 3.44. The number of methoxy groups -OCH3 is 1. The standard InChI is InChI=1S/C16H26N2OS/c1-14-4-5-16(18-7-3-10-20-11-8-18)15(12-14)13-17-6-9-19-2/h4-5,12,17H,3,6-11,13H2,1-2H3. The zero-order valence-corrected chi connectivity index (χ0v) is 13.5. The SMILES string of the molecule is COCCNCc1cc(C)ccc1N1CCCSCC1. The molecule has 0 atom stereocenters. The van der Waals surface area contributed by atoms with E-state index in [1.54, 1.807) is 7.11 Å². The van der Waals surface area contributed by atoms with Gasteiger partial charge in [0, 0.05) is 44.7 Å². The third-order valence-electron chi connectivity index (χ3n) is 3.60. The van der Waals surface area contributed by atoms with Gasteiger partial charge in [0.15, 0.2) is 0 Å². The van der Waals surface area contributed by atoms with Crippen LogP contribution in [0, 0.1) is 6.92 Å². The molecule has 0 bridgehead atoms. The van der Waals surface area contributed by atoms with Gasteiger partial charge in [0.25, 0.3) is 0 Å².